The molecular formula is C14H16N4O3. The number of aryl methyl sites for hydroxylation is 1. The highest BCUT2D eigenvalue weighted by Gasteiger charge is 2.29. The van der Waals surface area contributed by atoms with Gasteiger partial charge in [-0.25, -0.2) is 0 Å². The van der Waals surface area contributed by atoms with Gasteiger partial charge in [-0.15, -0.1) is 0 Å². The van der Waals surface area contributed by atoms with Crippen LogP contribution in [0, 0.1) is 6.92 Å². The number of H-pyrrole nitrogens is 1. The Labute approximate surface area is 120 Å². The molecule has 1 aromatic carbocycles. The highest BCUT2D eigenvalue weighted by atomic mass is 16.4. The van der Waals surface area contributed by atoms with E-state index in [9.17, 15) is 9.59 Å². The van der Waals surface area contributed by atoms with Gasteiger partial charge in [-0.3, -0.25) is 14.7 Å². The van der Waals surface area contributed by atoms with Crippen molar-refractivity contribution in [1.82, 2.24) is 20.4 Å². The third-order valence-corrected chi connectivity index (χ3v) is 3.68. The molecule has 2 aromatic rings. The molecule has 0 radical (unpaired) electrons. The van der Waals surface area contributed by atoms with E-state index in [1.54, 1.807) is 0 Å². The molecule has 1 saturated heterocycles. The van der Waals surface area contributed by atoms with Gasteiger partial charge in [0.2, 0.25) is 0 Å². The van der Waals surface area contributed by atoms with E-state index >= 15 is 0 Å². The van der Waals surface area contributed by atoms with Gasteiger partial charge in [0.05, 0.1) is 5.52 Å². The molecule has 0 bridgehead atoms. The van der Waals surface area contributed by atoms with Crippen molar-refractivity contribution in [3.05, 3.63) is 29.5 Å². The van der Waals surface area contributed by atoms with Gasteiger partial charge in [0, 0.05) is 25.0 Å². The predicted molar refractivity (Wildman–Crippen MR) is 76.2 cm³/mol. The van der Waals surface area contributed by atoms with Crippen molar-refractivity contribution in [1.29, 1.82) is 0 Å². The summed E-state index contributed by atoms with van der Waals surface area (Å²) >= 11 is 0. The number of aliphatic carboxylic acids is 1. The van der Waals surface area contributed by atoms with Gasteiger partial charge in [-0.2, -0.15) is 5.10 Å². The fourth-order valence-corrected chi connectivity index (χ4v) is 2.54. The molecule has 21 heavy (non-hydrogen) atoms. The Morgan fingerprint density at radius 3 is 3.00 bits per heavy atom. The van der Waals surface area contributed by atoms with Crippen LogP contribution >= 0.6 is 0 Å². The summed E-state index contributed by atoms with van der Waals surface area (Å²) in [6.45, 7) is 3.03. The molecule has 1 aromatic heterocycles. The van der Waals surface area contributed by atoms with Crippen molar-refractivity contribution in [2.24, 2.45) is 0 Å². The molecule has 1 atom stereocenters. The van der Waals surface area contributed by atoms with Crippen molar-refractivity contribution >= 4 is 22.8 Å². The maximum Gasteiger partial charge on any atom is 0.322 e. The van der Waals surface area contributed by atoms with Gasteiger partial charge >= 0.3 is 5.97 Å². The number of carbonyl (C=O) groups is 2. The SMILES string of the molecule is Cc1ccc2[nH]nc(C(=O)N3CCNC(C(=O)O)C3)c2c1. The molecule has 110 valence electrons. The number of hydrogen-bond donors (Lipinski definition) is 3. The average molecular weight is 288 g/mol. The molecule has 1 amide bonds. The number of carboxylic acid groups (broad SMARTS) is 1. The molecule has 1 fully saturated rings. The zero-order chi connectivity index (χ0) is 15.0. The number of rotatable bonds is 2. The van der Waals surface area contributed by atoms with Crippen molar-refractivity contribution in [3.8, 4) is 0 Å². The van der Waals surface area contributed by atoms with Crippen LogP contribution in [-0.2, 0) is 4.79 Å². The molecule has 0 saturated carbocycles. The number of carboxylic acids is 1. The van der Waals surface area contributed by atoms with E-state index in [4.69, 9.17) is 5.11 Å². The number of aromatic nitrogens is 2. The van der Waals surface area contributed by atoms with Crippen molar-refractivity contribution < 1.29 is 14.7 Å². The van der Waals surface area contributed by atoms with Gasteiger partial charge in [-0.1, -0.05) is 11.6 Å². The summed E-state index contributed by atoms with van der Waals surface area (Å²) < 4.78 is 0. The average Bonchev–Trinajstić information content (AvgIpc) is 2.89. The number of piperazine rings is 1. The van der Waals surface area contributed by atoms with Crippen LogP contribution < -0.4 is 5.32 Å². The Morgan fingerprint density at radius 2 is 2.24 bits per heavy atom. The fraction of sp³-hybridized carbons (Fsp3) is 0.357. The van der Waals surface area contributed by atoms with E-state index in [1.807, 2.05) is 25.1 Å². The normalized spacial score (nSPS) is 18.9. The summed E-state index contributed by atoms with van der Waals surface area (Å²) in [5, 5.41) is 19.6. The van der Waals surface area contributed by atoms with Crippen LogP contribution in [0.25, 0.3) is 10.9 Å². The molecule has 0 aliphatic carbocycles. The van der Waals surface area contributed by atoms with Crippen molar-refractivity contribution in [3.63, 3.8) is 0 Å². The molecule has 3 rings (SSSR count). The highest BCUT2D eigenvalue weighted by Crippen LogP contribution is 2.19. The molecule has 1 aliphatic heterocycles. The smallest absolute Gasteiger partial charge is 0.322 e. The van der Waals surface area contributed by atoms with E-state index < -0.39 is 12.0 Å². The van der Waals surface area contributed by atoms with E-state index in [0.717, 1.165) is 16.5 Å². The first kappa shape index (κ1) is 13.6. The van der Waals surface area contributed by atoms with Crippen LogP contribution in [0.4, 0.5) is 0 Å². The topological polar surface area (TPSA) is 98.3 Å². The van der Waals surface area contributed by atoms with E-state index in [-0.39, 0.29) is 12.5 Å². The summed E-state index contributed by atoms with van der Waals surface area (Å²) in [4.78, 5) is 25.2. The fourth-order valence-electron chi connectivity index (χ4n) is 2.54. The second-order valence-corrected chi connectivity index (χ2v) is 5.22. The molecular weight excluding hydrogens is 272 g/mol. The number of amides is 1. The van der Waals surface area contributed by atoms with Gasteiger partial charge in [0.1, 0.15) is 6.04 Å². The number of nitrogens with one attached hydrogen (secondary N) is 2. The summed E-state index contributed by atoms with van der Waals surface area (Å²) in [6, 6.07) is 5.00. The monoisotopic (exact) mass is 288 g/mol. The van der Waals surface area contributed by atoms with Gasteiger partial charge in [-0.05, 0) is 19.1 Å². The van der Waals surface area contributed by atoms with Crippen LogP contribution in [0.15, 0.2) is 18.2 Å². The highest BCUT2D eigenvalue weighted by molar-refractivity contribution is 6.05. The quantitative estimate of drug-likeness (QED) is 0.741. The number of nitrogens with zero attached hydrogens (tertiary/aromatic N) is 2. The summed E-state index contributed by atoms with van der Waals surface area (Å²) in [7, 11) is 0. The summed E-state index contributed by atoms with van der Waals surface area (Å²) in [5.74, 6) is -1.19. The van der Waals surface area contributed by atoms with Crippen LogP contribution in [0.5, 0.6) is 0 Å². The standard InChI is InChI=1S/C14H16N4O3/c1-8-2-3-10-9(6-8)12(17-16-10)13(19)18-5-4-15-11(7-18)14(20)21/h2-3,6,11,15H,4-5,7H2,1H3,(H,16,17)(H,20,21). The first-order valence-electron chi connectivity index (χ1n) is 6.76. The van der Waals surface area contributed by atoms with Crippen LogP contribution in [0.3, 0.4) is 0 Å². The van der Waals surface area contributed by atoms with E-state index in [1.165, 1.54) is 4.90 Å². The van der Waals surface area contributed by atoms with Gasteiger partial charge < -0.3 is 15.3 Å². The Hall–Kier alpha value is -2.41. The second kappa shape index (κ2) is 5.17. The molecule has 2 heterocycles. The Morgan fingerprint density at radius 1 is 1.43 bits per heavy atom. The lowest BCUT2D eigenvalue weighted by Gasteiger charge is -2.31. The third kappa shape index (κ3) is 2.47. The minimum atomic E-state index is -0.949. The number of carbonyl (C=O) groups excluding carboxylic acids is 1. The van der Waals surface area contributed by atoms with Gasteiger partial charge in [0.25, 0.3) is 5.91 Å². The molecule has 7 heteroatoms. The second-order valence-electron chi connectivity index (χ2n) is 5.22. The van der Waals surface area contributed by atoms with Crippen LogP contribution in [0.2, 0.25) is 0 Å². The zero-order valence-corrected chi connectivity index (χ0v) is 11.6. The van der Waals surface area contributed by atoms with E-state index in [0.29, 0.717) is 18.8 Å². The minimum Gasteiger partial charge on any atom is -0.480 e. The molecule has 0 spiro atoms. The van der Waals surface area contributed by atoms with Crippen molar-refractivity contribution in [2.75, 3.05) is 19.6 Å². The number of fused-ring (bicyclic) bond motifs is 1. The molecule has 1 aliphatic rings. The van der Waals surface area contributed by atoms with Crippen LogP contribution in [0.1, 0.15) is 16.1 Å². The number of benzene rings is 1. The largest absolute Gasteiger partial charge is 0.480 e. The minimum absolute atomic E-state index is 0.147. The van der Waals surface area contributed by atoms with Crippen molar-refractivity contribution in [2.45, 2.75) is 13.0 Å². The Bertz CT molecular complexity index is 709. The summed E-state index contributed by atoms with van der Waals surface area (Å²) in [6.07, 6.45) is 0. The lowest BCUT2D eigenvalue weighted by Crippen LogP contribution is -2.55. The number of hydrogen-bond acceptors (Lipinski definition) is 4. The lowest BCUT2D eigenvalue weighted by atomic mass is 10.1. The molecule has 3 N–H and O–H groups in total. The maximum absolute atomic E-state index is 12.6. The van der Waals surface area contributed by atoms with E-state index in [2.05, 4.69) is 15.5 Å². The predicted octanol–water partition coefficient (Wildman–Crippen LogP) is 0.370. The number of aromatic amines is 1. The van der Waals surface area contributed by atoms with Crippen LogP contribution in [-0.4, -0.2) is 57.8 Å². The zero-order valence-electron chi connectivity index (χ0n) is 11.6. The third-order valence-electron chi connectivity index (χ3n) is 3.68. The summed E-state index contributed by atoms with van der Waals surface area (Å²) in [5.41, 5.74) is 2.19. The lowest BCUT2D eigenvalue weighted by molar-refractivity contribution is -0.140. The molecule has 1 unspecified atom stereocenters. The first-order chi connectivity index (χ1) is 10.1. The first-order valence-corrected chi connectivity index (χ1v) is 6.76. The Balaban J connectivity index is 1.90. The van der Waals surface area contributed by atoms with Gasteiger partial charge in [0.15, 0.2) is 5.69 Å². The Kier molecular flexibility index (Phi) is 3.34. The maximum atomic E-state index is 12.6. The molecule has 7 nitrogen and oxygen atoms in total.